The predicted molar refractivity (Wildman–Crippen MR) is 54.8 cm³/mol. The summed E-state index contributed by atoms with van der Waals surface area (Å²) < 4.78 is 3.86. The molecule has 0 saturated carbocycles. The summed E-state index contributed by atoms with van der Waals surface area (Å²) in [4.78, 5) is 16.2. The predicted octanol–water partition coefficient (Wildman–Crippen LogP) is 2.42. The fourth-order valence-corrected chi connectivity index (χ4v) is 1.65. The van der Waals surface area contributed by atoms with E-state index in [4.69, 9.17) is 11.6 Å². The summed E-state index contributed by atoms with van der Waals surface area (Å²) in [5, 5.41) is 0.380. The molecule has 0 atom stereocenters. The van der Waals surface area contributed by atoms with Crippen molar-refractivity contribution >= 4 is 28.9 Å². The standard InChI is InChI=1S/C9H5ClN2OS/c10-8-2-1-6(5-11-8)9(13)7-3-4-12-14-7/h1-5H. The SMILES string of the molecule is O=C(c1ccc(Cl)nc1)c1ccns1. The number of carbonyl (C=O) groups excluding carboxylic acids is 1. The van der Waals surface area contributed by atoms with E-state index in [1.807, 2.05) is 0 Å². The Bertz CT molecular complexity index is 438. The monoisotopic (exact) mass is 224 g/mol. The highest BCUT2D eigenvalue weighted by atomic mass is 35.5. The molecule has 70 valence electrons. The van der Waals surface area contributed by atoms with Gasteiger partial charge in [-0.25, -0.2) is 9.36 Å². The molecule has 0 radical (unpaired) electrons. The third kappa shape index (κ3) is 1.81. The van der Waals surface area contributed by atoms with Gasteiger partial charge in [-0.1, -0.05) is 11.6 Å². The number of nitrogens with zero attached hydrogens (tertiary/aromatic N) is 2. The number of ketones is 1. The summed E-state index contributed by atoms with van der Waals surface area (Å²) in [5.74, 6) is -0.0725. The molecule has 14 heavy (non-hydrogen) atoms. The van der Waals surface area contributed by atoms with Crippen LogP contribution in [0.2, 0.25) is 5.15 Å². The van der Waals surface area contributed by atoms with Crippen LogP contribution in [0.15, 0.2) is 30.6 Å². The quantitative estimate of drug-likeness (QED) is 0.581. The van der Waals surface area contributed by atoms with E-state index in [1.54, 1.807) is 24.4 Å². The van der Waals surface area contributed by atoms with Crippen LogP contribution < -0.4 is 0 Å². The Morgan fingerprint density at radius 1 is 1.36 bits per heavy atom. The lowest BCUT2D eigenvalue weighted by Crippen LogP contribution is -1.98. The van der Waals surface area contributed by atoms with Gasteiger partial charge in [0.25, 0.3) is 0 Å². The van der Waals surface area contributed by atoms with Crippen molar-refractivity contribution in [2.75, 3.05) is 0 Å². The lowest BCUT2D eigenvalue weighted by Gasteiger charge is -1.95. The van der Waals surface area contributed by atoms with Gasteiger partial charge >= 0.3 is 0 Å². The second kappa shape index (κ2) is 3.86. The number of pyridine rings is 1. The van der Waals surface area contributed by atoms with E-state index in [9.17, 15) is 4.79 Å². The molecule has 0 fully saturated rings. The van der Waals surface area contributed by atoms with Crippen LogP contribution in [-0.4, -0.2) is 15.1 Å². The summed E-state index contributed by atoms with van der Waals surface area (Å²) in [6, 6.07) is 4.93. The van der Waals surface area contributed by atoms with Crippen molar-refractivity contribution in [1.29, 1.82) is 0 Å². The van der Waals surface area contributed by atoms with Crippen LogP contribution in [0.25, 0.3) is 0 Å². The first-order chi connectivity index (χ1) is 6.77. The molecule has 2 heterocycles. The molecule has 0 spiro atoms. The molecule has 0 aliphatic carbocycles. The molecule has 2 aromatic heterocycles. The minimum atomic E-state index is -0.0725. The summed E-state index contributed by atoms with van der Waals surface area (Å²) in [6.45, 7) is 0. The Balaban J connectivity index is 2.33. The summed E-state index contributed by atoms with van der Waals surface area (Å²) in [6.07, 6.45) is 3.06. The highest BCUT2D eigenvalue weighted by Crippen LogP contribution is 2.13. The smallest absolute Gasteiger partial charge is 0.206 e. The maximum absolute atomic E-state index is 11.7. The number of hydrogen-bond acceptors (Lipinski definition) is 4. The summed E-state index contributed by atoms with van der Waals surface area (Å²) >= 11 is 6.78. The number of hydrogen-bond donors (Lipinski definition) is 0. The van der Waals surface area contributed by atoms with Gasteiger partial charge in [-0.15, -0.1) is 0 Å². The van der Waals surface area contributed by atoms with Crippen LogP contribution in [0.5, 0.6) is 0 Å². The number of carbonyl (C=O) groups is 1. The van der Waals surface area contributed by atoms with Crippen LogP contribution >= 0.6 is 23.1 Å². The second-order valence-corrected chi connectivity index (χ2v) is 3.80. The fourth-order valence-electron chi connectivity index (χ4n) is 0.985. The van der Waals surface area contributed by atoms with Gasteiger partial charge in [-0.05, 0) is 29.7 Å². The van der Waals surface area contributed by atoms with Gasteiger partial charge in [-0.3, -0.25) is 4.79 Å². The normalized spacial score (nSPS) is 10.1. The molecule has 0 aliphatic heterocycles. The molecule has 3 nitrogen and oxygen atoms in total. The first-order valence-corrected chi connectivity index (χ1v) is 4.99. The molecule has 0 saturated heterocycles. The third-order valence-electron chi connectivity index (χ3n) is 1.65. The Morgan fingerprint density at radius 2 is 2.21 bits per heavy atom. The van der Waals surface area contributed by atoms with Crippen molar-refractivity contribution in [3.63, 3.8) is 0 Å². The van der Waals surface area contributed by atoms with Gasteiger partial charge in [0.15, 0.2) is 0 Å². The zero-order valence-corrected chi connectivity index (χ0v) is 8.55. The van der Waals surface area contributed by atoms with Crippen molar-refractivity contribution in [2.45, 2.75) is 0 Å². The molecule has 0 bridgehead atoms. The Hall–Kier alpha value is -1.26. The fraction of sp³-hybridized carbons (Fsp3) is 0. The van der Waals surface area contributed by atoms with Crippen molar-refractivity contribution in [3.05, 3.63) is 46.2 Å². The minimum absolute atomic E-state index is 0.0725. The largest absolute Gasteiger partial charge is 0.288 e. The van der Waals surface area contributed by atoms with Gasteiger partial charge in [0.1, 0.15) is 5.15 Å². The number of aromatic nitrogens is 2. The van der Waals surface area contributed by atoms with Crippen LogP contribution in [-0.2, 0) is 0 Å². The molecule has 0 amide bonds. The van der Waals surface area contributed by atoms with E-state index in [1.165, 1.54) is 17.7 Å². The maximum Gasteiger partial charge on any atom is 0.206 e. The van der Waals surface area contributed by atoms with Gasteiger partial charge in [-0.2, -0.15) is 0 Å². The van der Waals surface area contributed by atoms with E-state index in [-0.39, 0.29) is 5.78 Å². The number of halogens is 1. The van der Waals surface area contributed by atoms with E-state index in [0.29, 0.717) is 15.6 Å². The molecule has 2 aromatic rings. The lowest BCUT2D eigenvalue weighted by atomic mass is 10.2. The van der Waals surface area contributed by atoms with Gasteiger partial charge in [0, 0.05) is 18.0 Å². The molecule has 0 unspecified atom stereocenters. The lowest BCUT2D eigenvalue weighted by molar-refractivity contribution is 0.104. The third-order valence-corrected chi connectivity index (χ3v) is 2.62. The van der Waals surface area contributed by atoms with Crippen LogP contribution in [0.4, 0.5) is 0 Å². The zero-order valence-electron chi connectivity index (χ0n) is 6.98. The van der Waals surface area contributed by atoms with Gasteiger partial charge < -0.3 is 0 Å². The molecule has 0 N–H and O–H groups in total. The highest BCUT2D eigenvalue weighted by molar-refractivity contribution is 7.08. The second-order valence-electron chi connectivity index (χ2n) is 2.58. The first-order valence-electron chi connectivity index (χ1n) is 3.84. The zero-order chi connectivity index (χ0) is 9.97. The first kappa shape index (κ1) is 9.30. The number of rotatable bonds is 2. The molecule has 0 aliphatic rings. The Kier molecular flexibility index (Phi) is 2.56. The van der Waals surface area contributed by atoms with E-state index < -0.39 is 0 Å². The summed E-state index contributed by atoms with van der Waals surface area (Å²) in [5.41, 5.74) is 0.527. The van der Waals surface area contributed by atoms with Gasteiger partial charge in [0.2, 0.25) is 5.78 Å². The maximum atomic E-state index is 11.7. The minimum Gasteiger partial charge on any atom is -0.288 e. The molecule has 2 rings (SSSR count). The molecule has 5 heteroatoms. The Morgan fingerprint density at radius 3 is 2.79 bits per heavy atom. The van der Waals surface area contributed by atoms with Crippen molar-refractivity contribution < 1.29 is 4.79 Å². The highest BCUT2D eigenvalue weighted by Gasteiger charge is 2.10. The van der Waals surface area contributed by atoms with Crippen molar-refractivity contribution in [3.8, 4) is 0 Å². The molecular formula is C9H5ClN2OS. The average Bonchev–Trinajstić information content (AvgIpc) is 2.71. The average molecular weight is 225 g/mol. The van der Waals surface area contributed by atoms with Crippen molar-refractivity contribution in [2.24, 2.45) is 0 Å². The topological polar surface area (TPSA) is 42.9 Å². The molecule has 0 aromatic carbocycles. The molecular weight excluding hydrogens is 220 g/mol. The van der Waals surface area contributed by atoms with E-state index in [0.717, 1.165) is 0 Å². The van der Waals surface area contributed by atoms with E-state index in [2.05, 4.69) is 9.36 Å². The van der Waals surface area contributed by atoms with Crippen molar-refractivity contribution in [1.82, 2.24) is 9.36 Å². The van der Waals surface area contributed by atoms with Crippen LogP contribution in [0.1, 0.15) is 15.2 Å². The van der Waals surface area contributed by atoms with E-state index >= 15 is 0 Å². The Labute approximate surface area is 89.5 Å². The summed E-state index contributed by atoms with van der Waals surface area (Å²) in [7, 11) is 0. The van der Waals surface area contributed by atoms with Crippen LogP contribution in [0.3, 0.4) is 0 Å². The van der Waals surface area contributed by atoms with Crippen LogP contribution in [0, 0.1) is 0 Å². The van der Waals surface area contributed by atoms with Gasteiger partial charge in [0.05, 0.1) is 4.88 Å².